The molecule has 0 aromatic carbocycles. The molecular formula is C20H38NNaO4. The second-order valence-electron chi connectivity index (χ2n) is 6.30. The fraction of sp³-hybridized carbons (Fsp3) is 0.800. The van der Waals surface area contributed by atoms with E-state index in [4.69, 9.17) is 15.0 Å². The first-order chi connectivity index (χ1) is 12.0. The van der Waals surface area contributed by atoms with Crippen molar-refractivity contribution in [2.75, 3.05) is 6.54 Å². The summed E-state index contributed by atoms with van der Waals surface area (Å²) in [6.07, 6.45) is 21.2. The van der Waals surface area contributed by atoms with Crippen molar-refractivity contribution >= 4 is 11.9 Å². The van der Waals surface area contributed by atoms with Gasteiger partial charge in [0.05, 0.1) is 5.97 Å². The third-order valence-corrected chi connectivity index (χ3v) is 3.82. The number of hydrogen-bond acceptors (Lipinski definition) is 4. The maximum atomic E-state index is 10.3. The van der Waals surface area contributed by atoms with E-state index in [1.165, 1.54) is 70.6 Å². The van der Waals surface area contributed by atoms with Crippen LogP contribution in [0.25, 0.3) is 0 Å². The van der Waals surface area contributed by atoms with Gasteiger partial charge >= 0.3 is 35.5 Å². The molecule has 0 saturated heterocycles. The second-order valence-corrected chi connectivity index (χ2v) is 6.30. The number of carbonyl (C=O) groups is 2. The molecule has 0 aliphatic carbocycles. The number of unbranched alkanes of at least 4 members (excludes halogenated alkanes) is 11. The molecule has 0 unspecified atom stereocenters. The van der Waals surface area contributed by atoms with Crippen molar-refractivity contribution in [3.05, 3.63) is 12.2 Å². The van der Waals surface area contributed by atoms with Crippen LogP contribution in [0.2, 0.25) is 0 Å². The minimum absolute atomic E-state index is 0. The summed E-state index contributed by atoms with van der Waals surface area (Å²) in [7, 11) is 0. The number of allylic oxidation sites excluding steroid dienone is 2. The Balaban J connectivity index is -0.000000772. The van der Waals surface area contributed by atoms with Gasteiger partial charge in [-0.15, -0.1) is 0 Å². The van der Waals surface area contributed by atoms with Gasteiger partial charge in [0.1, 0.15) is 0 Å². The summed E-state index contributed by atoms with van der Waals surface area (Å²) < 4.78 is 0. The predicted octanol–water partition coefficient (Wildman–Crippen LogP) is 0.808. The summed E-state index contributed by atoms with van der Waals surface area (Å²) >= 11 is 0. The molecule has 3 N–H and O–H groups in total. The molecule has 0 spiro atoms. The number of rotatable bonds is 16. The van der Waals surface area contributed by atoms with E-state index in [1.807, 2.05) is 0 Å². The zero-order valence-corrected chi connectivity index (χ0v) is 19.0. The summed E-state index contributed by atoms with van der Waals surface area (Å²) in [5, 5.41) is 17.6. The largest absolute Gasteiger partial charge is 1.00 e. The first-order valence-electron chi connectivity index (χ1n) is 9.81. The molecule has 0 saturated carbocycles. The number of nitrogens with two attached hydrogens (primary N) is 1. The summed E-state index contributed by atoms with van der Waals surface area (Å²) in [6.45, 7) is 1.87. The maximum absolute atomic E-state index is 10.3. The van der Waals surface area contributed by atoms with Gasteiger partial charge in [0.25, 0.3) is 0 Å². The molecule has 0 fully saturated rings. The average Bonchev–Trinajstić information content (AvgIpc) is 2.58. The zero-order chi connectivity index (χ0) is 19.2. The molecular weight excluding hydrogens is 341 g/mol. The molecule has 0 bridgehead atoms. The van der Waals surface area contributed by atoms with Crippen molar-refractivity contribution in [3.8, 4) is 0 Å². The fourth-order valence-electron chi connectivity index (χ4n) is 2.35. The Hall–Kier alpha value is -0.360. The monoisotopic (exact) mass is 379 g/mol. The van der Waals surface area contributed by atoms with Gasteiger partial charge in [-0.25, -0.2) is 0 Å². The molecule has 0 atom stereocenters. The third-order valence-electron chi connectivity index (χ3n) is 3.82. The topological polar surface area (TPSA) is 103 Å². The Bertz CT molecular complexity index is 336. The van der Waals surface area contributed by atoms with Crippen LogP contribution in [0.1, 0.15) is 96.8 Å². The fourth-order valence-corrected chi connectivity index (χ4v) is 2.35. The number of aliphatic carboxylic acids is 2. The average molecular weight is 380 g/mol. The van der Waals surface area contributed by atoms with E-state index < -0.39 is 11.9 Å². The molecule has 26 heavy (non-hydrogen) atoms. The first-order valence-corrected chi connectivity index (χ1v) is 9.81. The van der Waals surface area contributed by atoms with Gasteiger partial charge in [0, 0.05) is 13.0 Å². The third kappa shape index (κ3) is 34.9. The van der Waals surface area contributed by atoms with Crippen molar-refractivity contribution in [2.45, 2.75) is 96.8 Å². The molecule has 0 aromatic heterocycles. The Morgan fingerprint density at radius 2 is 1.23 bits per heavy atom. The summed E-state index contributed by atoms with van der Waals surface area (Å²) in [5.41, 5.74) is 4.51. The van der Waals surface area contributed by atoms with Crippen LogP contribution in [0.15, 0.2) is 12.2 Å². The molecule has 0 radical (unpaired) electrons. The molecule has 0 amide bonds. The molecule has 0 heterocycles. The van der Waals surface area contributed by atoms with Crippen molar-refractivity contribution in [3.63, 3.8) is 0 Å². The van der Waals surface area contributed by atoms with E-state index in [9.17, 15) is 4.79 Å². The summed E-state index contributed by atoms with van der Waals surface area (Å²) in [4.78, 5) is 19.5. The van der Waals surface area contributed by atoms with Gasteiger partial charge in [0.2, 0.25) is 0 Å². The Morgan fingerprint density at radius 3 is 1.62 bits per heavy atom. The van der Waals surface area contributed by atoms with Crippen LogP contribution >= 0.6 is 0 Å². The van der Waals surface area contributed by atoms with Crippen LogP contribution in [0.5, 0.6) is 0 Å². The Morgan fingerprint density at radius 1 is 0.846 bits per heavy atom. The Labute approximate surface area is 182 Å². The smallest absolute Gasteiger partial charge is 0.549 e. The van der Waals surface area contributed by atoms with Gasteiger partial charge in [0.15, 0.2) is 0 Å². The van der Waals surface area contributed by atoms with Crippen molar-refractivity contribution in [2.24, 2.45) is 5.73 Å². The van der Waals surface area contributed by atoms with Gasteiger partial charge in [-0.05, 0) is 32.1 Å². The zero-order valence-electron chi connectivity index (χ0n) is 17.0. The predicted molar refractivity (Wildman–Crippen MR) is 101 cm³/mol. The Kier molecular flexibility index (Phi) is 31.4. The molecule has 6 heteroatoms. The van der Waals surface area contributed by atoms with Crippen LogP contribution in [0.3, 0.4) is 0 Å². The van der Waals surface area contributed by atoms with Crippen LogP contribution in [0, 0.1) is 0 Å². The quantitative estimate of drug-likeness (QED) is 0.235. The molecule has 0 aromatic rings. The summed E-state index contributed by atoms with van der Waals surface area (Å²) in [5.74, 6) is -1.88. The SMILES string of the molecule is CCCCCCCC/C=C\CCCCCCCC(=O)O.NCC(=O)[O-].[Na+]. The molecule has 0 aliphatic rings. The van der Waals surface area contributed by atoms with Gasteiger partial charge in [-0.1, -0.05) is 70.4 Å². The second kappa shape index (κ2) is 26.9. The van der Waals surface area contributed by atoms with E-state index in [1.54, 1.807) is 0 Å². The maximum Gasteiger partial charge on any atom is 1.00 e. The van der Waals surface area contributed by atoms with E-state index >= 15 is 0 Å². The van der Waals surface area contributed by atoms with Crippen LogP contribution in [0.4, 0.5) is 0 Å². The molecule has 148 valence electrons. The first kappa shape index (κ1) is 30.4. The normalized spacial score (nSPS) is 10.1. The number of hydrogen-bond donors (Lipinski definition) is 2. The molecule has 5 nitrogen and oxygen atoms in total. The number of carbonyl (C=O) groups excluding carboxylic acids is 1. The van der Waals surface area contributed by atoms with Crippen LogP contribution in [-0.4, -0.2) is 23.6 Å². The van der Waals surface area contributed by atoms with E-state index in [0.29, 0.717) is 6.42 Å². The van der Waals surface area contributed by atoms with Crippen molar-refractivity contribution in [1.29, 1.82) is 0 Å². The van der Waals surface area contributed by atoms with E-state index in [0.717, 1.165) is 12.8 Å². The van der Waals surface area contributed by atoms with E-state index in [2.05, 4.69) is 24.8 Å². The van der Waals surface area contributed by atoms with Gasteiger partial charge in [-0.2, -0.15) is 0 Å². The van der Waals surface area contributed by atoms with Crippen LogP contribution in [-0.2, 0) is 9.59 Å². The van der Waals surface area contributed by atoms with Gasteiger partial charge in [-0.3, -0.25) is 4.79 Å². The number of carboxylic acids is 2. The van der Waals surface area contributed by atoms with Crippen molar-refractivity contribution in [1.82, 2.24) is 0 Å². The van der Waals surface area contributed by atoms with E-state index in [-0.39, 0.29) is 36.1 Å². The minimum atomic E-state index is -1.22. The van der Waals surface area contributed by atoms with Crippen LogP contribution < -0.4 is 40.4 Å². The minimum Gasteiger partial charge on any atom is -0.549 e. The summed E-state index contributed by atoms with van der Waals surface area (Å²) in [6, 6.07) is 0. The molecule has 0 aliphatic heterocycles. The standard InChI is InChI=1S/C18H34O2.C2H5NO2.Na/c1-2-3-4-5-6-7-8-9-10-11-12-13-14-15-16-17-18(19)20;3-1-2(4)5;/h9-10H,2-8,11-17H2,1H3,(H,19,20);1,3H2,(H,4,5);/q;;+1/p-1/b10-9-;;. The number of carboxylic acid groups (broad SMARTS) is 2. The van der Waals surface area contributed by atoms with Crippen molar-refractivity contribution < 1.29 is 49.4 Å². The van der Waals surface area contributed by atoms with Gasteiger partial charge < -0.3 is 20.7 Å². The molecule has 0 rings (SSSR count).